The van der Waals surface area contributed by atoms with Gasteiger partial charge >= 0.3 is 0 Å². The summed E-state index contributed by atoms with van der Waals surface area (Å²) in [6, 6.07) is 5.66. The maximum atomic E-state index is 13.4. The molecule has 1 unspecified atom stereocenters. The Bertz CT molecular complexity index is 985. The highest BCUT2D eigenvalue weighted by Gasteiger charge is 2.35. The lowest BCUT2D eigenvalue weighted by Gasteiger charge is -2.27. The molecule has 0 radical (unpaired) electrons. The van der Waals surface area contributed by atoms with E-state index in [1.54, 1.807) is 0 Å². The molecule has 1 N–H and O–H groups in total. The molecule has 2 aromatic carbocycles. The van der Waals surface area contributed by atoms with E-state index >= 15 is 0 Å². The van der Waals surface area contributed by atoms with Gasteiger partial charge in [-0.3, -0.25) is 0 Å². The largest absolute Gasteiger partial charge is 0.457 e. The maximum Gasteiger partial charge on any atom is 0.243 e. The van der Waals surface area contributed by atoms with Gasteiger partial charge in [0.25, 0.3) is 0 Å². The second kappa shape index (κ2) is 7.40. The predicted octanol–water partition coefficient (Wildman–Crippen LogP) is 2.76. The van der Waals surface area contributed by atoms with Gasteiger partial charge < -0.3 is 14.6 Å². The summed E-state index contributed by atoms with van der Waals surface area (Å²) in [6.07, 6.45) is -0.205. The number of nitrogens with zero attached hydrogens (tertiary/aromatic N) is 1. The lowest BCUT2D eigenvalue weighted by Crippen LogP contribution is -2.41. The van der Waals surface area contributed by atoms with E-state index < -0.39 is 27.8 Å². The van der Waals surface area contributed by atoms with E-state index in [1.165, 1.54) is 16.4 Å². The van der Waals surface area contributed by atoms with Crippen molar-refractivity contribution in [3.8, 4) is 11.5 Å². The van der Waals surface area contributed by atoms with Crippen molar-refractivity contribution in [2.45, 2.75) is 23.8 Å². The third-order valence-electron chi connectivity index (χ3n) is 4.93. The van der Waals surface area contributed by atoms with Gasteiger partial charge in [0.1, 0.15) is 23.1 Å². The summed E-state index contributed by atoms with van der Waals surface area (Å²) < 4.78 is 65.2. The number of ether oxygens (including phenoxy) is 2. The minimum atomic E-state index is -3.81. The molecule has 0 saturated carbocycles. The van der Waals surface area contributed by atoms with Crippen LogP contribution in [0, 0.1) is 11.6 Å². The summed E-state index contributed by atoms with van der Waals surface area (Å²) in [5, 5.41) is 10.4. The quantitative estimate of drug-likeness (QED) is 0.837. The number of morpholine rings is 1. The van der Waals surface area contributed by atoms with Crippen LogP contribution in [0.2, 0.25) is 0 Å². The van der Waals surface area contributed by atoms with Gasteiger partial charge in [0.15, 0.2) is 0 Å². The molecule has 9 heteroatoms. The Hall–Kier alpha value is -2.07. The molecule has 0 bridgehead atoms. The minimum Gasteiger partial charge on any atom is -0.457 e. The first-order chi connectivity index (χ1) is 13.4. The van der Waals surface area contributed by atoms with E-state index in [0.717, 1.165) is 18.2 Å². The second-order valence-electron chi connectivity index (χ2n) is 6.73. The molecule has 6 nitrogen and oxygen atoms in total. The molecule has 1 atom stereocenters. The first-order valence-corrected chi connectivity index (χ1v) is 10.4. The van der Waals surface area contributed by atoms with Crippen molar-refractivity contribution in [1.82, 2.24) is 4.31 Å². The van der Waals surface area contributed by atoms with Crippen molar-refractivity contribution in [3.63, 3.8) is 0 Å². The normalized spacial score (nSPS) is 20.2. The number of benzene rings is 2. The second-order valence-corrected chi connectivity index (χ2v) is 8.64. The van der Waals surface area contributed by atoms with Crippen LogP contribution >= 0.6 is 0 Å². The molecule has 4 rings (SSSR count). The zero-order valence-electron chi connectivity index (χ0n) is 14.9. The molecule has 1 heterocycles. The number of rotatable bonds is 4. The first-order valence-electron chi connectivity index (χ1n) is 8.92. The molecular formula is C19H19F2NO5S. The van der Waals surface area contributed by atoms with Crippen LogP contribution in [-0.4, -0.2) is 44.1 Å². The smallest absolute Gasteiger partial charge is 0.243 e. The Morgan fingerprint density at radius 2 is 1.79 bits per heavy atom. The van der Waals surface area contributed by atoms with E-state index in [9.17, 15) is 22.3 Å². The van der Waals surface area contributed by atoms with Crippen LogP contribution in [0.1, 0.15) is 23.7 Å². The molecule has 1 aliphatic carbocycles. The third-order valence-corrected chi connectivity index (χ3v) is 6.88. The highest BCUT2D eigenvalue weighted by molar-refractivity contribution is 7.89. The average Bonchev–Trinajstić information content (AvgIpc) is 3.04. The van der Waals surface area contributed by atoms with Crippen molar-refractivity contribution in [1.29, 1.82) is 0 Å². The Balaban J connectivity index is 1.74. The molecule has 0 spiro atoms. The highest BCUT2D eigenvalue weighted by Crippen LogP contribution is 2.43. The molecule has 2 aromatic rings. The summed E-state index contributed by atoms with van der Waals surface area (Å²) in [5.74, 6) is -1.32. The summed E-state index contributed by atoms with van der Waals surface area (Å²) in [6.45, 7) is 1.12. The molecule has 0 aromatic heterocycles. The van der Waals surface area contributed by atoms with Gasteiger partial charge in [0.05, 0.1) is 24.2 Å². The van der Waals surface area contributed by atoms with Crippen molar-refractivity contribution in [3.05, 3.63) is 53.1 Å². The van der Waals surface area contributed by atoms with Gasteiger partial charge in [-0.15, -0.1) is 0 Å². The van der Waals surface area contributed by atoms with Gasteiger partial charge in [-0.1, -0.05) is 0 Å². The lowest BCUT2D eigenvalue weighted by molar-refractivity contribution is 0.0729. The third kappa shape index (κ3) is 3.50. The molecule has 0 amide bonds. The van der Waals surface area contributed by atoms with Crippen molar-refractivity contribution >= 4 is 10.0 Å². The summed E-state index contributed by atoms with van der Waals surface area (Å²) in [4.78, 5) is 0.0344. The Kier molecular flexibility index (Phi) is 5.09. The number of sulfonamides is 1. The molecule has 1 saturated heterocycles. The lowest BCUT2D eigenvalue weighted by atomic mass is 10.1. The Morgan fingerprint density at radius 1 is 1.11 bits per heavy atom. The van der Waals surface area contributed by atoms with Gasteiger partial charge in [-0.05, 0) is 25.0 Å². The Labute approximate surface area is 161 Å². The van der Waals surface area contributed by atoms with E-state index in [4.69, 9.17) is 9.47 Å². The van der Waals surface area contributed by atoms with Crippen LogP contribution in [0.4, 0.5) is 8.78 Å². The monoisotopic (exact) mass is 411 g/mol. The van der Waals surface area contributed by atoms with E-state index in [2.05, 4.69) is 0 Å². The molecule has 28 heavy (non-hydrogen) atoms. The van der Waals surface area contributed by atoms with E-state index in [1.807, 2.05) is 0 Å². The first kappa shape index (κ1) is 19.3. The molecule has 1 aliphatic heterocycles. The van der Waals surface area contributed by atoms with Crippen LogP contribution in [0.15, 0.2) is 35.2 Å². The number of fused-ring (bicyclic) bond motifs is 1. The van der Waals surface area contributed by atoms with Gasteiger partial charge in [0, 0.05) is 42.4 Å². The zero-order valence-corrected chi connectivity index (χ0v) is 15.7. The molecule has 150 valence electrons. The van der Waals surface area contributed by atoms with Crippen LogP contribution < -0.4 is 4.74 Å². The van der Waals surface area contributed by atoms with Crippen LogP contribution in [0.3, 0.4) is 0 Å². The fraction of sp³-hybridized carbons (Fsp3) is 0.368. The fourth-order valence-corrected chi connectivity index (χ4v) is 5.32. The minimum absolute atomic E-state index is 0.0344. The number of hydrogen-bond acceptors (Lipinski definition) is 5. The van der Waals surface area contributed by atoms with Crippen LogP contribution in [0.5, 0.6) is 11.5 Å². The topological polar surface area (TPSA) is 76.1 Å². The number of aliphatic hydroxyl groups is 1. The van der Waals surface area contributed by atoms with Crippen molar-refractivity contribution in [2.75, 3.05) is 26.3 Å². The summed E-state index contributed by atoms with van der Waals surface area (Å²) in [7, 11) is -3.81. The SMILES string of the molecule is O=S(=O)(c1ccc(Oc2cc(F)cc(F)c2)c2c1C(O)CC2)N1CCOCC1. The fourth-order valence-electron chi connectivity index (χ4n) is 3.63. The van der Waals surface area contributed by atoms with Gasteiger partial charge in [-0.2, -0.15) is 4.31 Å². The van der Waals surface area contributed by atoms with Crippen LogP contribution in [-0.2, 0) is 21.2 Å². The summed E-state index contributed by atoms with van der Waals surface area (Å²) in [5.41, 5.74) is 0.826. The molecule has 2 aliphatic rings. The predicted molar refractivity (Wildman–Crippen MR) is 95.7 cm³/mol. The van der Waals surface area contributed by atoms with Crippen molar-refractivity contribution < 1.29 is 31.8 Å². The highest BCUT2D eigenvalue weighted by atomic mass is 32.2. The number of hydrogen-bond donors (Lipinski definition) is 1. The van der Waals surface area contributed by atoms with Crippen molar-refractivity contribution in [2.24, 2.45) is 0 Å². The molecular weight excluding hydrogens is 392 g/mol. The van der Waals surface area contributed by atoms with Gasteiger partial charge in [-0.25, -0.2) is 17.2 Å². The van der Waals surface area contributed by atoms with Gasteiger partial charge in [0.2, 0.25) is 10.0 Å². The standard InChI is InChI=1S/C19H19F2NO5S/c20-12-9-13(21)11-14(10-12)27-17-3-4-18(19-15(17)1-2-16(19)23)28(24,25)22-5-7-26-8-6-22/h3-4,9-11,16,23H,1-2,5-8H2. The average molecular weight is 411 g/mol. The van der Waals surface area contributed by atoms with E-state index in [-0.39, 0.29) is 29.5 Å². The van der Waals surface area contributed by atoms with E-state index in [0.29, 0.717) is 37.2 Å². The summed E-state index contributed by atoms with van der Waals surface area (Å²) >= 11 is 0. The van der Waals surface area contributed by atoms with Crippen LogP contribution in [0.25, 0.3) is 0 Å². The molecule has 1 fully saturated rings. The number of halogens is 2. The zero-order chi connectivity index (χ0) is 19.9. The maximum absolute atomic E-state index is 13.4. The number of aliphatic hydroxyl groups excluding tert-OH is 1. The Morgan fingerprint density at radius 3 is 2.46 bits per heavy atom.